The Morgan fingerprint density at radius 3 is 0.682 bits per heavy atom. The third kappa shape index (κ3) is 10.2. The third-order valence-corrected chi connectivity index (χ3v) is 16.6. The lowest BCUT2D eigenvalue weighted by Gasteiger charge is -2.30. The van der Waals surface area contributed by atoms with Crippen LogP contribution in [-0.2, 0) is 5.41 Å². The second kappa shape index (κ2) is 22.2. The number of benzene rings is 14. The van der Waals surface area contributed by atoms with Crippen LogP contribution in [0, 0.1) is 6.92 Å². The Morgan fingerprint density at radius 2 is 0.424 bits per heavy atom. The SMILES string of the molecule is Cc1ccc(N(c2ccc(N(c3ccc(-c4ccc(N(c5ccc(N(c6ccc(C(C)(C)C)cc6)c6cccc7ccccc67)cc5)c5cccc6ccccc56)cc4)cc3)c3cccc4ccccc34)cc2)c2cccc3ccccc23)cc1. The predicted octanol–water partition coefficient (Wildman–Crippen LogP) is 23.5. The molecule has 85 heavy (non-hydrogen) atoms. The van der Waals surface area contributed by atoms with Gasteiger partial charge in [-0.2, -0.15) is 0 Å². The van der Waals surface area contributed by atoms with Crippen molar-refractivity contribution in [1.82, 2.24) is 0 Å². The van der Waals surface area contributed by atoms with Crippen LogP contribution in [0.2, 0.25) is 0 Å². The van der Waals surface area contributed by atoms with E-state index in [0.29, 0.717) is 0 Å². The molecular weight excluding hydrogens is 1030 g/mol. The highest BCUT2D eigenvalue weighted by atomic mass is 15.2. The fourth-order valence-corrected chi connectivity index (χ4v) is 12.2. The van der Waals surface area contributed by atoms with Crippen LogP contribution < -0.4 is 19.6 Å². The number of fused-ring (bicyclic) bond motifs is 4. The van der Waals surface area contributed by atoms with Gasteiger partial charge in [0.15, 0.2) is 0 Å². The van der Waals surface area contributed by atoms with E-state index in [4.69, 9.17) is 0 Å². The Morgan fingerprint density at radius 1 is 0.212 bits per heavy atom. The van der Waals surface area contributed by atoms with Gasteiger partial charge in [-0.3, -0.25) is 0 Å². The second-order valence-corrected chi connectivity index (χ2v) is 23.1. The number of rotatable bonds is 13. The minimum Gasteiger partial charge on any atom is -0.310 e. The fourth-order valence-electron chi connectivity index (χ4n) is 12.2. The van der Waals surface area contributed by atoms with Gasteiger partial charge in [0.1, 0.15) is 0 Å². The molecule has 0 spiro atoms. The molecule has 0 atom stereocenters. The van der Waals surface area contributed by atoms with Gasteiger partial charge in [-0.05, 0) is 172 Å². The van der Waals surface area contributed by atoms with E-state index in [1.165, 1.54) is 54.2 Å². The Hall–Kier alpha value is -10.7. The number of aryl methyl sites for hydroxylation is 1. The van der Waals surface area contributed by atoms with Crippen LogP contribution in [0.1, 0.15) is 31.9 Å². The molecule has 0 heterocycles. The number of hydrogen-bond acceptors (Lipinski definition) is 4. The average molecular weight is 1090 g/mol. The molecular formula is C81H64N4. The first-order valence-electron chi connectivity index (χ1n) is 29.4. The van der Waals surface area contributed by atoms with Gasteiger partial charge in [0, 0.05) is 67.0 Å². The van der Waals surface area contributed by atoms with Gasteiger partial charge in [-0.1, -0.05) is 220 Å². The van der Waals surface area contributed by atoms with E-state index in [0.717, 1.165) is 79.4 Å². The predicted molar refractivity (Wildman–Crippen MR) is 364 cm³/mol. The summed E-state index contributed by atoms with van der Waals surface area (Å²) in [6.45, 7) is 8.95. The zero-order chi connectivity index (χ0) is 57.4. The monoisotopic (exact) mass is 1090 g/mol. The van der Waals surface area contributed by atoms with Crippen molar-refractivity contribution >= 4 is 111 Å². The van der Waals surface area contributed by atoms with Gasteiger partial charge in [0.2, 0.25) is 0 Å². The molecule has 0 amide bonds. The Labute approximate surface area is 499 Å². The van der Waals surface area contributed by atoms with E-state index in [-0.39, 0.29) is 5.41 Å². The van der Waals surface area contributed by atoms with Gasteiger partial charge in [-0.15, -0.1) is 0 Å². The topological polar surface area (TPSA) is 13.0 Å². The van der Waals surface area contributed by atoms with Crippen molar-refractivity contribution in [2.75, 3.05) is 19.6 Å². The highest BCUT2D eigenvalue weighted by Gasteiger charge is 2.23. The Balaban J connectivity index is 0.817. The summed E-state index contributed by atoms with van der Waals surface area (Å²) in [4.78, 5) is 9.56. The summed E-state index contributed by atoms with van der Waals surface area (Å²) >= 11 is 0. The molecule has 0 aromatic heterocycles. The van der Waals surface area contributed by atoms with E-state index in [2.05, 4.69) is 363 Å². The maximum Gasteiger partial charge on any atom is 0.0540 e. The standard InChI is InChI=1S/C81H64N4/c1-57-33-41-65(42-34-57)82(77-29-13-21-60-17-5-9-25-73(60)77)69-49-51-70(52-50-69)83(78-30-14-22-61-18-6-10-26-74(61)78)66-43-35-58(36-44-66)59-37-45-67(46-38-59)84(79-31-15-23-62-19-7-11-27-75(62)79)71-53-55-72(56-54-71)85(68-47-39-64(40-48-68)81(2,3)4)80-32-16-24-63-20-8-12-28-76(63)80/h5-56H,1-4H3. The lowest BCUT2D eigenvalue weighted by molar-refractivity contribution is 0.590. The number of nitrogens with zero attached hydrogens (tertiary/aromatic N) is 4. The summed E-state index contributed by atoms with van der Waals surface area (Å²) in [6.07, 6.45) is 0. The largest absolute Gasteiger partial charge is 0.310 e. The average Bonchev–Trinajstić information content (AvgIpc) is 3.71. The van der Waals surface area contributed by atoms with Crippen molar-refractivity contribution in [2.45, 2.75) is 33.1 Å². The van der Waals surface area contributed by atoms with Gasteiger partial charge in [-0.25, -0.2) is 0 Å². The molecule has 14 rings (SSSR count). The summed E-state index contributed by atoms with van der Waals surface area (Å²) in [5.74, 6) is 0. The summed E-state index contributed by atoms with van der Waals surface area (Å²) in [5, 5.41) is 9.57. The first-order chi connectivity index (χ1) is 41.7. The number of anilines is 12. The van der Waals surface area contributed by atoms with E-state index < -0.39 is 0 Å². The Kier molecular flexibility index (Phi) is 13.7. The molecule has 0 aliphatic rings. The summed E-state index contributed by atoms with van der Waals surface area (Å²) in [6, 6.07) is 115. The molecule has 0 N–H and O–H groups in total. The van der Waals surface area contributed by atoms with Crippen LogP contribution >= 0.6 is 0 Å². The Bertz CT molecular complexity index is 4660. The molecule has 14 aromatic carbocycles. The first-order valence-corrected chi connectivity index (χ1v) is 29.4. The number of hydrogen-bond donors (Lipinski definition) is 0. The van der Waals surface area contributed by atoms with Gasteiger partial charge < -0.3 is 19.6 Å². The molecule has 14 aromatic rings. The van der Waals surface area contributed by atoms with Crippen LogP contribution in [0.5, 0.6) is 0 Å². The summed E-state index contributed by atoms with van der Waals surface area (Å²) in [5.41, 5.74) is 18.0. The molecule has 0 saturated carbocycles. The van der Waals surface area contributed by atoms with Crippen molar-refractivity contribution in [3.8, 4) is 11.1 Å². The summed E-state index contributed by atoms with van der Waals surface area (Å²) < 4.78 is 0. The molecule has 408 valence electrons. The highest BCUT2D eigenvalue weighted by Crippen LogP contribution is 2.46. The molecule has 0 fully saturated rings. The zero-order valence-corrected chi connectivity index (χ0v) is 48.3. The van der Waals surface area contributed by atoms with Crippen molar-refractivity contribution in [2.24, 2.45) is 0 Å². The highest BCUT2D eigenvalue weighted by molar-refractivity contribution is 6.03. The quantitative estimate of drug-likeness (QED) is 0.114. The third-order valence-electron chi connectivity index (χ3n) is 16.6. The molecule has 0 bridgehead atoms. The van der Waals surface area contributed by atoms with Gasteiger partial charge in [0.25, 0.3) is 0 Å². The maximum atomic E-state index is 2.40. The van der Waals surface area contributed by atoms with Crippen LogP contribution in [0.15, 0.2) is 315 Å². The van der Waals surface area contributed by atoms with Crippen molar-refractivity contribution in [3.63, 3.8) is 0 Å². The first kappa shape index (κ1) is 52.4. The van der Waals surface area contributed by atoms with Gasteiger partial charge in [0.05, 0.1) is 22.7 Å². The maximum absolute atomic E-state index is 2.40. The fraction of sp³-hybridized carbons (Fsp3) is 0.0617. The van der Waals surface area contributed by atoms with E-state index >= 15 is 0 Å². The smallest absolute Gasteiger partial charge is 0.0540 e. The normalized spacial score (nSPS) is 11.5. The zero-order valence-electron chi connectivity index (χ0n) is 48.3. The van der Waals surface area contributed by atoms with E-state index in [1.54, 1.807) is 0 Å². The van der Waals surface area contributed by atoms with Crippen LogP contribution in [0.25, 0.3) is 54.2 Å². The van der Waals surface area contributed by atoms with Crippen molar-refractivity contribution in [3.05, 3.63) is 327 Å². The van der Waals surface area contributed by atoms with Crippen molar-refractivity contribution in [1.29, 1.82) is 0 Å². The lowest BCUT2D eigenvalue weighted by Crippen LogP contribution is -2.14. The molecule has 4 heteroatoms. The van der Waals surface area contributed by atoms with Gasteiger partial charge >= 0.3 is 0 Å². The molecule has 0 radical (unpaired) electrons. The minimum absolute atomic E-state index is 0.0423. The van der Waals surface area contributed by atoms with Crippen LogP contribution in [-0.4, -0.2) is 0 Å². The molecule has 0 aliphatic carbocycles. The van der Waals surface area contributed by atoms with Crippen molar-refractivity contribution < 1.29 is 0 Å². The van der Waals surface area contributed by atoms with Crippen LogP contribution in [0.3, 0.4) is 0 Å². The van der Waals surface area contributed by atoms with Crippen LogP contribution in [0.4, 0.5) is 68.2 Å². The minimum atomic E-state index is 0.0423. The molecule has 0 aliphatic heterocycles. The molecule has 0 saturated heterocycles. The van der Waals surface area contributed by atoms with E-state index in [1.807, 2.05) is 0 Å². The molecule has 0 unspecified atom stereocenters. The van der Waals surface area contributed by atoms with E-state index in [9.17, 15) is 0 Å². The lowest BCUT2D eigenvalue weighted by atomic mass is 9.87. The molecule has 4 nitrogen and oxygen atoms in total. The second-order valence-electron chi connectivity index (χ2n) is 23.1. The summed E-state index contributed by atoms with van der Waals surface area (Å²) in [7, 11) is 0.